The van der Waals surface area contributed by atoms with Crippen molar-refractivity contribution in [3.05, 3.63) is 72.9 Å². The number of hydrogen-bond donors (Lipinski definition) is 0. The fourth-order valence-corrected chi connectivity index (χ4v) is 9.92. The first-order valence-corrected chi connectivity index (χ1v) is 32.1. The molecule has 0 N–H and O–H groups in total. The SMILES string of the molecule is CCCCC/C=C\C/C=C\CCCCCCCC(=O)O[C@H]1COC([C@@H](COC(=O)C2(C)CCN(C)CC2)OC(=O)CCCCCCC/C=C\C/C=C\CCCCC)[C@@H]1OC(=O)CCCCCCC/C=C\C/C=C\CCCCC. The molecule has 0 aromatic carbocycles. The number of carbonyl (C=O) groups is 4. The fourth-order valence-electron chi connectivity index (χ4n) is 9.92. The molecule has 1 unspecified atom stereocenters. The number of unbranched alkanes of at least 4 members (excludes halogenated alkanes) is 24. The third-order valence-electron chi connectivity index (χ3n) is 15.3. The van der Waals surface area contributed by atoms with Crippen LogP contribution in [0, 0.1) is 5.41 Å². The first kappa shape index (κ1) is 70.3. The van der Waals surface area contributed by atoms with Crippen molar-refractivity contribution >= 4 is 23.9 Å². The zero-order valence-electron chi connectivity index (χ0n) is 50.6. The number of carbonyl (C=O) groups excluding carboxylic acids is 4. The van der Waals surface area contributed by atoms with Crippen molar-refractivity contribution in [2.45, 2.75) is 296 Å². The van der Waals surface area contributed by atoms with Crippen molar-refractivity contribution < 1.29 is 42.9 Å². The van der Waals surface area contributed by atoms with Gasteiger partial charge in [0.25, 0.3) is 0 Å². The van der Waals surface area contributed by atoms with Crippen LogP contribution < -0.4 is 0 Å². The van der Waals surface area contributed by atoms with Gasteiger partial charge >= 0.3 is 23.9 Å². The molecule has 0 spiro atoms. The van der Waals surface area contributed by atoms with Crippen LogP contribution in [0.15, 0.2) is 72.9 Å². The van der Waals surface area contributed by atoms with E-state index in [-0.39, 0.29) is 44.4 Å². The van der Waals surface area contributed by atoms with E-state index >= 15 is 0 Å². The summed E-state index contributed by atoms with van der Waals surface area (Å²) in [6, 6.07) is 0. The summed E-state index contributed by atoms with van der Waals surface area (Å²) in [4.78, 5) is 56.6. The number of piperidine rings is 1. The van der Waals surface area contributed by atoms with Gasteiger partial charge in [0, 0.05) is 19.3 Å². The van der Waals surface area contributed by atoms with Gasteiger partial charge in [-0.1, -0.05) is 190 Å². The molecule has 0 amide bonds. The quantitative estimate of drug-likeness (QED) is 0.0252. The average Bonchev–Trinajstić information content (AvgIpc) is 3.83. The standard InChI is InChI=1S/C68H115NO9/c1-6-9-12-15-18-21-24-27-30-33-36-39-42-45-48-51-62(70)76-60(59-75-67(73)68(4)54-56-69(5)57-55-68)65-66(78-64(72)53-50-47-44-41-38-35-32-29-26-23-20-17-14-11-8-3)61(58-74-65)77-63(71)52-49-46-43-40-37-34-31-28-25-22-19-16-13-10-7-2/h18-23,27-32,60-61,65-66H,6-17,24-26,33-59H2,1-5H3/b21-18-,22-19-,23-20-,30-27-,31-28-,32-29-/t60-,61+,65?,66-/m1/s1. The Hall–Kier alpha value is -3.76. The van der Waals surface area contributed by atoms with E-state index in [0.717, 1.165) is 142 Å². The van der Waals surface area contributed by atoms with Crippen molar-refractivity contribution in [3.63, 3.8) is 0 Å². The zero-order chi connectivity index (χ0) is 56.4. The predicted octanol–water partition coefficient (Wildman–Crippen LogP) is 17.8. The van der Waals surface area contributed by atoms with Crippen LogP contribution in [0.25, 0.3) is 0 Å². The maximum absolute atomic E-state index is 13.7. The number of nitrogens with zero attached hydrogens (tertiary/aromatic N) is 1. The summed E-state index contributed by atoms with van der Waals surface area (Å²) in [6.07, 6.45) is 60.7. The normalized spacial score (nSPS) is 18.4. The highest BCUT2D eigenvalue weighted by Crippen LogP contribution is 2.33. The van der Waals surface area contributed by atoms with Crippen molar-refractivity contribution in [3.8, 4) is 0 Å². The van der Waals surface area contributed by atoms with Gasteiger partial charge in [-0.05, 0) is 155 Å². The summed E-state index contributed by atoms with van der Waals surface area (Å²) in [6.45, 7) is 9.90. The molecule has 2 saturated heterocycles. The summed E-state index contributed by atoms with van der Waals surface area (Å²) in [5.74, 6) is -1.56. The lowest BCUT2D eigenvalue weighted by Gasteiger charge is -2.36. The van der Waals surface area contributed by atoms with Gasteiger partial charge in [0.05, 0.1) is 12.0 Å². The van der Waals surface area contributed by atoms with Crippen LogP contribution in [0.5, 0.6) is 0 Å². The Morgan fingerprint density at radius 2 is 0.846 bits per heavy atom. The van der Waals surface area contributed by atoms with Gasteiger partial charge in [0.2, 0.25) is 0 Å². The van der Waals surface area contributed by atoms with E-state index in [1.54, 1.807) is 0 Å². The Kier molecular flexibility index (Phi) is 44.3. The third-order valence-corrected chi connectivity index (χ3v) is 15.3. The van der Waals surface area contributed by atoms with Crippen LogP contribution in [0.1, 0.15) is 272 Å². The van der Waals surface area contributed by atoms with Gasteiger partial charge in [-0.3, -0.25) is 19.2 Å². The molecule has 4 atom stereocenters. The number of rotatable bonds is 49. The van der Waals surface area contributed by atoms with Crippen LogP contribution in [0.2, 0.25) is 0 Å². The van der Waals surface area contributed by atoms with Gasteiger partial charge in [-0.15, -0.1) is 0 Å². The second-order valence-corrected chi connectivity index (χ2v) is 22.7. The first-order valence-electron chi connectivity index (χ1n) is 32.1. The lowest BCUT2D eigenvalue weighted by molar-refractivity contribution is -0.182. The number of allylic oxidation sites excluding steroid dienone is 12. The molecule has 2 heterocycles. The Bertz CT molecular complexity index is 1690. The molecule has 2 rings (SSSR count). The summed E-state index contributed by atoms with van der Waals surface area (Å²) in [5.41, 5.74) is -0.675. The lowest BCUT2D eigenvalue weighted by atomic mass is 9.80. The van der Waals surface area contributed by atoms with Crippen molar-refractivity contribution in [1.82, 2.24) is 4.90 Å². The summed E-state index contributed by atoms with van der Waals surface area (Å²) < 4.78 is 30.7. The Labute approximate surface area is 477 Å². The highest BCUT2D eigenvalue weighted by atomic mass is 16.7. The van der Waals surface area contributed by atoms with E-state index in [1.165, 1.54) is 64.2 Å². The Morgan fingerprint density at radius 1 is 0.487 bits per heavy atom. The number of esters is 4. The van der Waals surface area contributed by atoms with Crippen molar-refractivity contribution in [2.75, 3.05) is 33.4 Å². The van der Waals surface area contributed by atoms with Gasteiger partial charge in [0.1, 0.15) is 12.7 Å². The molecule has 0 aromatic heterocycles. The second-order valence-electron chi connectivity index (χ2n) is 22.7. The minimum absolute atomic E-state index is 0.0306. The predicted molar refractivity (Wildman–Crippen MR) is 323 cm³/mol. The van der Waals surface area contributed by atoms with Gasteiger partial charge in [-0.2, -0.15) is 0 Å². The third kappa shape index (κ3) is 37.2. The molecule has 0 saturated carbocycles. The monoisotopic (exact) mass is 1090 g/mol. The highest BCUT2D eigenvalue weighted by molar-refractivity contribution is 5.76. The Balaban J connectivity index is 2.02. The minimum atomic E-state index is -1.06. The molecule has 10 nitrogen and oxygen atoms in total. The summed E-state index contributed by atoms with van der Waals surface area (Å²) >= 11 is 0. The number of likely N-dealkylation sites (tertiary alicyclic amines) is 1. The number of hydrogen-bond acceptors (Lipinski definition) is 10. The highest BCUT2D eigenvalue weighted by Gasteiger charge is 2.49. The van der Waals surface area contributed by atoms with Crippen LogP contribution in [-0.4, -0.2) is 86.5 Å². The Morgan fingerprint density at radius 3 is 1.26 bits per heavy atom. The molecule has 2 fully saturated rings. The van der Waals surface area contributed by atoms with Crippen LogP contribution in [0.4, 0.5) is 0 Å². The molecule has 2 aliphatic rings. The topological polar surface area (TPSA) is 118 Å². The van der Waals surface area contributed by atoms with E-state index in [0.29, 0.717) is 32.1 Å². The summed E-state index contributed by atoms with van der Waals surface area (Å²) in [7, 11) is 2.05. The molecule has 78 heavy (non-hydrogen) atoms. The summed E-state index contributed by atoms with van der Waals surface area (Å²) in [5, 5.41) is 0. The molecule has 446 valence electrons. The maximum Gasteiger partial charge on any atom is 0.312 e. The molecular formula is C68H115NO9. The molecule has 2 aliphatic heterocycles. The smallest absolute Gasteiger partial charge is 0.312 e. The van der Waals surface area contributed by atoms with Crippen LogP contribution in [-0.2, 0) is 42.9 Å². The van der Waals surface area contributed by atoms with E-state index < -0.39 is 41.8 Å². The lowest BCUT2D eigenvalue weighted by Crippen LogP contribution is -2.48. The average molecular weight is 1090 g/mol. The first-order chi connectivity index (χ1) is 38.1. The van der Waals surface area contributed by atoms with Crippen LogP contribution in [0.3, 0.4) is 0 Å². The second kappa shape index (κ2) is 49.1. The van der Waals surface area contributed by atoms with E-state index in [4.69, 9.17) is 23.7 Å². The minimum Gasteiger partial charge on any atom is -0.461 e. The van der Waals surface area contributed by atoms with Crippen molar-refractivity contribution in [1.29, 1.82) is 0 Å². The zero-order valence-corrected chi connectivity index (χ0v) is 50.6. The molecule has 10 heteroatoms. The van der Waals surface area contributed by atoms with Gasteiger partial charge in [0.15, 0.2) is 18.3 Å². The molecule has 0 aliphatic carbocycles. The van der Waals surface area contributed by atoms with E-state index in [1.807, 2.05) is 14.0 Å². The molecule has 0 aromatic rings. The molecule has 0 bridgehead atoms. The van der Waals surface area contributed by atoms with E-state index in [2.05, 4.69) is 98.6 Å². The van der Waals surface area contributed by atoms with Gasteiger partial charge in [-0.25, -0.2) is 0 Å². The molecule has 0 radical (unpaired) electrons. The van der Waals surface area contributed by atoms with Crippen LogP contribution >= 0.6 is 0 Å². The van der Waals surface area contributed by atoms with E-state index in [9.17, 15) is 19.2 Å². The van der Waals surface area contributed by atoms with Gasteiger partial charge < -0.3 is 28.6 Å². The maximum atomic E-state index is 13.7. The molecular weight excluding hydrogens is 975 g/mol. The van der Waals surface area contributed by atoms with Crippen molar-refractivity contribution in [2.24, 2.45) is 5.41 Å². The number of ether oxygens (including phenoxy) is 5. The largest absolute Gasteiger partial charge is 0.461 e. The fraction of sp³-hybridized carbons (Fsp3) is 0.765.